The third-order valence-electron chi connectivity index (χ3n) is 5.02. The lowest BCUT2D eigenvalue weighted by molar-refractivity contribution is 0.0667. The number of aryl methyl sites for hydroxylation is 1. The highest BCUT2D eigenvalue weighted by Gasteiger charge is 2.25. The van der Waals surface area contributed by atoms with Crippen molar-refractivity contribution in [3.63, 3.8) is 0 Å². The number of hydrogen-bond donors (Lipinski definition) is 0. The summed E-state index contributed by atoms with van der Waals surface area (Å²) in [6.07, 6.45) is 5.30. The highest BCUT2D eigenvalue weighted by atomic mass is 19.1. The number of rotatable bonds is 4. The number of carbonyl (C=O) groups excluding carboxylic acids is 1. The van der Waals surface area contributed by atoms with E-state index in [0.29, 0.717) is 30.1 Å². The first-order valence-electron chi connectivity index (χ1n) is 8.91. The van der Waals surface area contributed by atoms with Crippen LogP contribution < -0.4 is 0 Å². The summed E-state index contributed by atoms with van der Waals surface area (Å²) in [5.74, 6) is 0.244. The van der Waals surface area contributed by atoms with Gasteiger partial charge < -0.3 is 4.90 Å². The summed E-state index contributed by atoms with van der Waals surface area (Å²) in [5, 5.41) is 11.3. The Labute approximate surface area is 150 Å². The standard InChI is InChI=1S/C19H20FN5O/c20-17-6-2-1-5-15(17)8-7-14-4-3-11-24(12-14)19(26)16-9-10-18-21-22-23-25(18)13-16/h1-2,5-6,9-10,13-14H,3-4,7-8,11-12H2/t14-/m0/s1. The third kappa shape index (κ3) is 3.42. The average molecular weight is 353 g/mol. The molecule has 2 aromatic heterocycles. The first-order valence-corrected chi connectivity index (χ1v) is 8.91. The third-order valence-corrected chi connectivity index (χ3v) is 5.02. The van der Waals surface area contributed by atoms with Gasteiger partial charge in [0.15, 0.2) is 5.65 Å². The first-order chi connectivity index (χ1) is 12.7. The maximum atomic E-state index is 13.8. The summed E-state index contributed by atoms with van der Waals surface area (Å²) in [6.45, 7) is 1.46. The average Bonchev–Trinajstić information content (AvgIpc) is 3.15. The number of fused-ring (bicyclic) bond motifs is 1. The quantitative estimate of drug-likeness (QED) is 0.723. The van der Waals surface area contributed by atoms with E-state index in [0.717, 1.165) is 31.4 Å². The molecule has 1 aromatic carbocycles. The Hall–Kier alpha value is -2.83. The number of hydrogen-bond acceptors (Lipinski definition) is 4. The van der Waals surface area contributed by atoms with E-state index in [1.54, 1.807) is 24.4 Å². The van der Waals surface area contributed by atoms with Crippen LogP contribution in [0.3, 0.4) is 0 Å². The second kappa shape index (κ2) is 7.19. The van der Waals surface area contributed by atoms with Gasteiger partial charge in [-0.2, -0.15) is 4.52 Å². The zero-order valence-electron chi connectivity index (χ0n) is 14.4. The molecule has 1 atom stereocenters. The molecule has 6 nitrogen and oxygen atoms in total. The van der Waals surface area contributed by atoms with Gasteiger partial charge in [-0.3, -0.25) is 4.79 Å². The summed E-state index contributed by atoms with van der Waals surface area (Å²) in [4.78, 5) is 14.7. The van der Waals surface area contributed by atoms with Crippen LogP contribution in [-0.2, 0) is 6.42 Å². The number of piperidine rings is 1. The molecular formula is C19H20FN5O. The fourth-order valence-corrected chi connectivity index (χ4v) is 3.60. The van der Waals surface area contributed by atoms with Crippen molar-refractivity contribution in [2.45, 2.75) is 25.7 Å². The molecule has 1 saturated heterocycles. The number of pyridine rings is 1. The lowest BCUT2D eigenvalue weighted by Gasteiger charge is -2.33. The van der Waals surface area contributed by atoms with Gasteiger partial charge >= 0.3 is 0 Å². The molecule has 1 aliphatic rings. The SMILES string of the molecule is O=C(c1ccc2nnnn2c1)N1CCC[C@@H](CCc2ccccc2F)C1. The van der Waals surface area contributed by atoms with Crippen LogP contribution in [0.2, 0.25) is 0 Å². The predicted molar refractivity (Wildman–Crippen MR) is 94.1 cm³/mol. The van der Waals surface area contributed by atoms with Gasteiger partial charge in [-0.05, 0) is 65.8 Å². The first kappa shape index (κ1) is 16.6. The van der Waals surface area contributed by atoms with Gasteiger partial charge in [0.05, 0.1) is 5.56 Å². The van der Waals surface area contributed by atoms with Gasteiger partial charge in [0.25, 0.3) is 5.91 Å². The van der Waals surface area contributed by atoms with Gasteiger partial charge in [0.1, 0.15) is 5.82 Å². The van der Waals surface area contributed by atoms with Crippen LogP contribution in [0.4, 0.5) is 4.39 Å². The molecule has 0 radical (unpaired) electrons. The lowest BCUT2D eigenvalue weighted by Crippen LogP contribution is -2.40. The molecule has 3 aromatic rings. The minimum atomic E-state index is -0.147. The molecule has 1 fully saturated rings. The van der Waals surface area contributed by atoms with E-state index in [-0.39, 0.29) is 11.7 Å². The van der Waals surface area contributed by atoms with Crippen molar-refractivity contribution < 1.29 is 9.18 Å². The minimum Gasteiger partial charge on any atom is -0.338 e. The van der Waals surface area contributed by atoms with Crippen molar-refractivity contribution in [1.29, 1.82) is 0 Å². The molecule has 0 spiro atoms. The van der Waals surface area contributed by atoms with Crippen molar-refractivity contribution in [1.82, 2.24) is 24.9 Å². The predicted octanol–water partition coefficient (Wildman–Crippen LogP) is 2.75. The highest BCUT2D eigenvalue weighted by Crippen LogP contribution is 2.23. The second-order valence-electron chi connectivity index (χ2n) is 6.79. The molecular weight excluding hydrogens is 333 g/mol. The Balaban J connectivity index is 1.41. The van der Waals surface area contributed by atoms with Crippen LogP contribution >= 0.6 is 0 Å². The van der Waals surface area contributed by atoms with Crippen LogP contribution in [-0.4, -0.2) is 43.9 Å². The number of benzene rings is 1. The number of carbonyl (C=O) groups is 1. The maximum absolute atomic E-state index is 13.8. The molecule has 0 N–H and O–H groups in total. The highest BCUT2D eigenvalue weighted by molar-refractivity contribution is 5.94. The van der Waals surface area contributed by atoms with Crippen molar-refractivity contribution in [3.8, 4) is 0 Å². The molecule has 0 unspecified atom stereocenters. The number of likely N-dealkylation sites (tertiary alicyclic amines) is 1. The molecule has 0 bridgehead atoms. The topological polar surface area (TPSA) is 63.4 Å². The van der Waals surface area contributed by atoms with Gasteiger partial charge in [-0.25, -0.2) is 4.39 Å². The van der Waals surface area contributed by atoms with E-state index in [4.69, 9.17) is 0 Å². The van der Waals surface area contributed by atoms with E-state index in [2.05, 4.69) is 15.5 Å². The number of nitrogens with zero attached hydrogens (tertiary/aromatic N) is 5. The van der Waals surface area contributed by atoms with Crippen molar-refractivity contribution in [3.05, 3.63) is 59.5 Å². The Morgan fingerprint density at radius 1 is 1.23 bits per heavy atom. The minimum absolute atomic E-state index is 0.00186. The Morgan fingerprint density at radius 3 is 3.00 bits per heavy atom. The van der Waals surface area contributed by atoms with Crippen molar-refractivity contribution in [2.75, 3.05) is 13.1 Å². The van der Waals surface area contributed by atoms with Gasteiger partial charge in [-0.1, -0.05) is 18.2 Å². The molecule has 0 aliphatic carbocycles. The van der Waals surface area contributed by atoms with Crippen LogP contribution in [0, 0.1) is 11.7 Å². The zero-order chi connectivity index (χ0) is 17.9. The van der Waals surface area contributed by atoms with E-state index in [9.17, 15) is 9.18 Å². The molecule has 134 valence electrons. The fourth-order valence-electron chi connectivity index (χ4n) is 3.60. The number of halogens is 1. The Bertz CT molecular complexity index is 925. The molecule has 1 amide bonds. The normalized spacial score (nSPS) is 17.6. The number of tetrazole rings is 1. The summed E-state index contributed by atoms with van der Waals surface area (Å²) >= 11 is 0. The van der Waals surface area contributed by atoms with Crippen LogP contribution in [0.15, 0.2) is 42.6 Å². The van der Waals surface area contributed by atoms with E-state index in [1.165, 1.54) is 10.6 Å². The van der Waals surface area contributed by atoms with Crippen LogP contribution in [0.1, 0.15) is 35.2 Å². The van der Waals surface area contributed by atoms with E-state index in [1.807, 2.05) is 17.0 Å². The smallest absolute Gasteiger partial charge is 0.255 e. The Kier molecular flexibility index (Phi) is 4.60. The molecule has 4 rings (SSSR count). The monoisotopic (exact) mass is 353 g/mol. The molecule has 1 aliphatic heterocycles. The summed E-state index contributed by atoms with van der Waals surface area (Å²) in [7, 11) is 0. The van der Waals surface area contributed by atoms with E-state index >= 15 is 0 Å². The second-order valence-corrected chi connectivity index (χ2v) is 6.79. The number of aromatic nitrogens is 4. The molecule has 3 heterocycles. The van der Waals surface area contributed by atoms with E-state index < -0.39 is 0 Å². The van der Waals surface area contributed by atoms with Gasteiger partial charge in [-0.15, -0.1) is 5.10 Å². The lowest BCUT2D eigenvalue weighted by atomic mass is 9.91. The van der Waals surface area contributed by atoms with Crippen molar-refractivity contribution in [2.24, 2.45) is 5.92 Å². The van der Waals surface area contributed by atoms with Crippen LogP contribution in [0.25, 0.3) is 5.65 Å². The summed E-state index contributed by atoms with van der Waals surface area (Å²) in [6, 6.07) is 10.4. The van der Waals surface area contributed by atoms with Crippen LogP contribution in [0.5, 0.6) is 0 Å². The molecule has 0 saturated carbocycles. The fraction of sp³-hybridized carbons (Fsp3) is 0.368. The maximum Gasteiger partial charge on any atom is 0.255 e. The molecule has 7 heteroatoms. The van der Waals surface area contributed by atoms with Gasteiger partial charge in [0, 0.05) is 19.3 Å². The largest absolute Gasteiger partial charge is 0.338 e. The zero-order valence-corrected chi connectivity index (χ0v) is 14.4. The summed E-state index contributed by atoms with van der Waals surface area (Å²) < 4.78 is 15.3. The molecule has 26 heavy (non-hydrogen) atoms. The van der Waals surface area contributed by atoms with Gasteiger partial charge in [0.2, 0.25) is 0 Å². The Morgan fingerprint density at radius 2 is 2.12 bits per heavy atom. The van der Waals surface area contributed by atoms with Crippen molar-refractivity contribution >= 4 is 11.6 Å². The number of amides is 1. The summed E-state index contributed by atoms with van der Waals surface area (Å²) in [5.41, 5.74) is 1.95.